The third kappa shape index (κ3) is 4.89. The fourth-order valence-corrected chi connectivity index (χ4v) is 2.35. The van der Waals surface area contributed by atoms with E-state index in [2.05, 4.69) is 25.6 Å². The molecular weight excluding hydrogens is 338 g/mol. The summed E-state index contributed by atoms with van der Waals surface area (Å²) >= 11 is 5.93. The third-order valence-electron chi connectivity index (χ3n) is 3.44. The maximum Gasteiger partial charge on any atom is 0.225 e. The first-order valence-corrected chi connectivity index (χ1v) is 8.29. The molecule has 25 heavy (non-hydrogen) atoms. The van der Waals surface area contributed by atoms with Crippen molar-refractivity contribution in [2.75, 3.05) is 23.8 Å². The molecule has 0 bridgehead atoms. The van der Waals surface area contributed by atoms with Crippen LogP contribution in [0.3, 0.4) is 0 Å². The number of pyridine rings is 1. The molecule has 0 saturated carbocycles. The molecule has 0 fully saturated rings. The van der Waals surface area contributed by atoms with Gasteiger partial charge in [-0.25, -0.2) is 4.98 Å². The number of hydrogen-bond donors (Lipinski definition) is 3. The van der Waals surface area contributed by atoms with Gasteiger partial charge in [-0.05, 0) is 42.8 Å². The monoisotopic (exact) mass is 355 g/mol. The Morgan fingerprint density at radius 3 is 2.48 bits per heavy atom. The topological polar surface area (TPSA) is 83.0 Å². The zero-order chi connectivity index (χ0) is 17.5. The van der Waals surface area contributed by atoms with Crippen LogP contribution in [0.2, 0.25) is 5.02 Å². The van der Waals surface area contributed by atoms with Gasteiger partial charge in [-0.15, -0.1) is 0 Å². The maximum atomic E-state index is 8.94. The smallest absolute Gasteiger partial charge is 0.225 e. The van der Waals surface area contributed by atoms with Crippen molar-refractivity contribution in [1.82, 2.24) is 15.0 Å². The van der Waals surface area contributed by atoms with Crippen LogP contribution in [0.4, 0.5) is 17.5 Å². The first-order chi connectivity index (χ1) is 12.2. The molecule has 0 atom stereocenters. The Labute approximate surface area is 150 Å². The summed E-state index contributed by atoms with van der Waals surface area (Å²) in [5.41, 5.74) is 2.60. The van der Waals surface area contributed by atoms with Crippen molar-refractivity contribution in [3.05, 3.63) is 59.9 Å². The van der Waals surface area contributed by atoms with Crippen LogP contribution in [0.25, 0.3) is 11.3 Å². The Bertz CT molecular complexity index is 811. The van der Waals surface area contributed by atoms with Crippen LogP contribution in [0.1, 0.15) is 6.42 Å². The van der Waals surface area contributed by atoms with Crippen molar-refractivity contribution < 1.29 is 5.11 Å². The molecule has 3 aromatic rings. The van der Waals surface area contributed by atoms with Crippen molar-refractivity contribution >= 4 is 29.1 Å². The van der Waals surface area contributed by atoms with Crippen LogP contribution in [-0.2, 0) is 0 Å². The lowest BCUT2D eigenvalue weighted by Crippen LogP contribution is -2.08. The summed E-state index contributed by atoms with van der Waals surface area (Å²) in [6, 6.07) is 13.1. The number of aliphatic hydroxyl groups is 1. The van der Waals surface area contributed by atoms with E-state index in [1.807, 2.05) is 42.5 Å². The molecule has 3 rings (SSSR count). The van der Waals surface area contributed by atoms with Crippen LogP contribution in [0, 0.1) is 0 Å². The number of nitrogens with one attached hydrogen (secondary N) is 2. The zero-order valence-electron chi connectivity index (χ0n) is 13.5. The summed E-state index contributed by atoms with van der Waals surface area (Å²) in [7, 11) is 0. The minimum absolute atomic E-state index is 0.118. The maximum absolute atomic E-state index is 8.94. The standard InChI is InChI=1S/C18H18ClN5O/c19-14-2-4-15(5-3-14)22-17-12-16(13-6-9-20-10-7-13)23-18(24-17)21-8-1-11-25/h2-7,9-10,12,25H,1,8,11H2,(H2,21,22,23,24). The Hall–Kier alpha value is -2.70. The van der Waals surface area contributed by atoms with Crippen molar-refractivity contribution in [2.24, 2.45) is 0 Å². The number of rotatable bonds is 7. The van der Waals surface area contributed by atoms with E-state index in [9.17, 15) is 0 Å². The molecule has 0 amide bonds. The summed E-state index contributed by atoms with van der Waals surface area (Å²) in [6.07, 6.45) is 4.08. The summed E-state index contributed by atoms with van der Waals surface area (Å²) in [4.78, 5) is 13.1. The molecule has 1 aromatic carbocycles. The SMILES string of the molecule is OCCCNc1nc(Nc2ccc(Cl)cc2)cc(-c2ccncc2)n1. The second kappa shape index (κ2) is 8.41. The minimum atomic E-state index is 0.118. The van der Waals surface area contributed by atoms with Gasteiger partial charge in [0.05, 0.1) is 5.69 Å². The van der Waals surface area contributed by atoms with Crippen LogP contribution < -0.4 is 10.6 Å². The van der Waals surface area contributed by atoms with E-state index < -0.39 is 0 Å². The van der Waals surface area contributed by atoms with Gasteiger partial charge in [0.25, 0.3) is 0 Å². The number of anilines is 3. The van der Waals surface area contributed by atoms with Crippen LogP contribution in [0.5, 0.6) is 0 Å². The molecule has 128 valence electrons. The number of halogens is 1. The second-order valence-electron chi connectivity index (χ2n) is 5.33. The van der Waals surface area contributed by atoms with Gasteiger partial charge >= 0.3 is 0 Å². The lowest BCUT2D eigenvalue weighted by Gasteiger charge is -2.11. The Morgan fingerprint density at radius 2 is 1.76 bits per heavy atom. The van der Waals surface area contributed by atoms with Crippen LogP contribution in [0.15, 0.2) is 54.9 Å². The molecule has 0 aliphatic heterocycles. The fraction of sp³-hybridized carbons (Fsp3) is 0.167. The molecule has 2 aromatic heterocycles. The molecule has 0 saturated heterocycles. The normalized spacial score (nSPS) is 10.5. The lowest BCUT2D eigenvalue weighted by molar-refractivity contribution is 0.292. The average Bonchev–Trinajstić information content (AvgIpc) is 2.64. The molecule has 0 radical (unpaired) electrons. The van der Waals surface area contributed by atoms with Crippen LogP contribution in [-0.4, -0.2) is 33.2 Å². The first kappa shape index (κ1) is 17.1. The van der Waals surface area contributed by atoms with Crippen molar-refractivity contribution in [1.29, 1.82) is 0 Å². The Morgan fingerprint density at radius 1 is 1.00 bits per heavy atom. The summed E-state index contributed by atoms with van der Waals surface area (Å²) in [5.74, 6) is 1.16. The van der Waals surface area contributed by atoms with Gasteiger partial charge in [-0.2, -0.15) is 4.98 Å². The third-order valence-corrected chi connectivity index (χ3v) is 3.69. The van der Waals surface area contributed by atoms with Gasteiger partial charge in [-0.1, -0.05) is 11.6 Å². The van der Waals surface area contributed by atoms with Gasteiger partial charge in [0.2, 0.25) is 5.95 Å². The molecule has 6 nitrogen and oxygen atoms in total. The number of aromatic nitrogens is 3. The number of nitrogens with zero attached hydrogens (tertiary/aromatic N) is 3. The largest absolute Gasteiger partial charge is 0.396 e. The van der Waals surface area contributed by atoms with Crippen LogP contribution >= 0.6 is 11.6 Å². The van der Waals surface area contributed by atoms with E-state index in [4.69, 9.17) is 16.7 Å². The molecule has 0 aliphatic rings. The van der Waals surface area contributed by atoms with E-state index in [0.717, 1.165) is 16.9 Å². The predicted molar refractivity (Wildman–Crippen MR) is 100 cm³/mol. The molecule has 0 aliphatic carbocycles. The minimum Gasteiger partial charge on any atom is -0.396 e. The highest BCUT2D eigenvalue weighted by Crippen LogP contribution is 2.24. The highest BCUT2D eigenvalue weighted by Gasteiger charge is 2.07. The number of benzene rings is 1. The molecule has 0 unspecified atom stereocenters. The molecule has 3 N–H and O–H groups in total. The second-order valence-corrected chi connectivity index (χ2v) is 5.77. The zero-order valence-corrected chi connectivity index (χ0v) is 14.2. The summed E-state index contributed by atoms with van der Waals surface area (Å²) in [5, 5.41) is 16.0. The molecule has 2 heterocycles. The van der Waals surface area contributed by atoms with E-state index >= 15 is 0 Å². The van der Waals surface area contributed by atoms with Gasteiger partial charge in [0, 0.05) is 47.9 Å². The van der Waals surface area contributed by atoms with Gasteiger partial charge in [0.15, 0.2) is 0 Å². The Balaban J connectivity index is 1.89. The first-order valence-electron chi connectivity index (χ1n) is 7.91. The van der Waals surface area contributed by atoms with Crippen molar-refractivity contribution in [3.63, 3.8) is 0 Å². The predicted octanol–water partition coefficient (Wildman–Crippen LogP) is 3.73. The molecule has 0 spiro atoms. The quantitative estimate of drug-likeness (QED) is 0.560. The van der Waals surface area contributed by atoms with Crippen molar-refractivity contribution in [2.45, 2.75) is 6.42 Å². The molecular formula is C18H18ClN5O. The number of hydrogen-bond acceptors (Lipinski definition) is 6. The van der Waals surface area contributed by atoms with Gasteiger partial charge in [-0.3, -0.25) is 4.98 Å². The Kier molecular flexibility index (Phi) is 5.77. The summed E-state index contributed by atoms with van der Waals surface area (Å²) < 4.78 is 0. The van der Waals surface area contributed by atoms with E-state index in [1.165, 1.54) is 0 Å². The van der Waals surface area contributed by atoms with Gasteiger partial charge < -0.3 is 15.7 Å². The highest BCUT2D eigenvalue weighted by atomic mass is 35.5. The summed E-state index contributed by atoms with van der Waals surface area (Å²) in [6.45, 7) is 0.712. The van der Waals surface area contributed by atoms with E-state index in [-0.39, 0.29) is 6.61 Å². The van der Waals surface area contributed by atoms with Crippen molar-refractivity contribution in [3.8, 4) is 11.3 Å². The number of aliphatic hydroxyl groups excluding tert-OH is 1. The van der Waals surface area contributed by atoms with E-state index in [1.54, 1.807) is 12.4 Å². The lowest BCUT2D eigenvalue weighted by atomic mass is 10.2. The molecule has 7 heteroatoms. The van der Waals surface area contributed by atoms with E-state index in [0.29, 0.717) is 29.8 Å². The fourth-order valence-electron chi connectivity index (χ4n) is 2.22. The average molecular weight is 356 g/mol. The highest BCUT2D eigenvalue weighted by molar-refractivity contribution is 6.30. The van der Waals surface area contributed by atoms with Gasteiger partial charge in [0.1, 0.15) is 5.82 Å².